The van der Waals surface area contributed by atoms with Crippen LogP contribution in [0.5, 0.6) is 0 Å². The Hall–Kier alpha value is -3.03. The lowest BCUT2D eigenvalue weighted by molar-refractivity contribution is -0.143. The van der Waals surface area contributed by atoms with Gasteiger partial charge in [-0.25, -0.2) is 19.1 Å². The van der Waals surface area contributed by atoms with Gasteiger partial charge in [-0.3, -0.25) is 14.5 Å². The summed E-state index contributed by atoms with van der Waals surface area (Å²) in [6.07, 6.45) is 7.05. The van der Waals surface area contributed by atoms with Crippen molar-refractivity contribution in [2.45, 2.75) is 52.1 Å². The molecular formula is C21H23FN4O3. The van der Waals surface area contributed by atoms with Gasteiger partial charge in [-0.15, -0.1) is 0 Å². The minimum Gasteiger partial charge on any atom is -0.327 e. The van der Waals surface area contributed by atoms with Gasteiger partial charge >= 0.3 is 17.8 Å². The summed E-state index contributed by atoms with van der Waals surface area (Å²) in [5, 5.41) is 0. The van der Waals surface area contributed by atoms with Gasteiger partial charge in [0.1, 0.15) is 11.6 Å². The normalized spacial score (nSPS) is 17.6. The van der Waals surface area contributed by atoms with Crippen molar-refractivity contribution in [3.8, 4) is 0 Å². The zero-order valence-electron chi connectivity index (χ0n) is 16.4. The van der Waals surface area contributed by atoms with Crippen LogP contribution in [0.15, 0.2) is 29.8 Å². The Balaban J connectivity index is 1.54. The van der Waals surface area contributed by atoms with E-state index < -0.39 is 23.7 Å². The average Bonchev–Trinajstić information content (AvgIpc) is 3.16. The van der Waals surface area contributed by atoms with E-state index in [-0.39, 0.29) is 13.1 Å². The highest BCUT2D eigenvalue weighted by molar-refractivity contribution is 6.44. The number of carbonyl (C=O) groups excluding carboxylic acids is 3. The maximum atomic E-state index is 13.5. The smallest absolute Gasteiger partial charge is 0.327 e. The lowest BCUT2D eigenvalue weighted by Crippen LogP contribution is -2.34. The average molecular weight is 398 g/mol. The molecule has 1 aliphatic heterocycles. The Morgan fingerprint density at radius 1 is 1.10 bits per heavy atom. The third-order valence-corrected chi connectivity index (χ3v) is 5.58. The number of amides is 4. The molecule has 0 atom stereocenters. The molecule has 0 N–H and O–H groups in total. The molecule has 4 amide bonds. The topological polar surface area (TPSA) is 75.5 Å². The van der Waals surface area contributed by atoms with Gasteiger partial charge in [0.25, 0.3) is 0 Å². The van der Waals surface area contributed by atoms with E-state index in [9.17, 15) is 18.8 Å². The van der Waals surface area contributed by atoms with Crippen molar-refractivity contribution in [1.29, 1.82) is 0 Å². The highest BCUT2D eigenvalue weighted by Crippen LogP contribution is 2.24. The van der Waals surface area contributed by atoms with Gasteiger partial charge in [-0.05, 0) is 51.2 Å². The van der Waals surface area contributed by atoms with Gasteiger partial charge < -0.3 is 4.57 Å². The third-order valence-electron chi connectivity index (χ3n) is 5.58. The molecular weight excluding hydrogens is 375 g/mol. The number of imidazole rings is 1. The first-order valence-corrected chi connectivity index (χ1v) is 9.99. The van der Waals surface area contributed by atoms with Crippen LogP contribution in [0.4, 0.5) is 9.18 Å². The lowest BCUT2D eigenvalue weighted by Gasteiger charge is -2.18. The van der Waals surface area contributed by atoms with Gasteiger partial charge in [-0.2, -0.15) is 0 Å². The molecule has 1 aromatic carbocycles. The molecule has 0 spiro atoms. The lowest BCUT2D eigenvalue weighted by atomic mass is 9.97. The number of aromatic nitrogens is 2. The minimum absolute atomic E-state index is 0.118. The Bertz CT molecular complexity index is 1030. The fourth-order valence-electron chi connectivity index (χ4n) is 4.04. The van der Waals surface area contributed by atoms with Crippen LogP contribution < -0.4 is 0 Å². The Morgan fingerprint density at radius 2 is 1.90 bits per heavy atom. The first-order chi connectivity index (χ1) is 14.0. The van der Waals surface area contributed by atoms with E-state index in [0.29, 0.717) is 24.3 Å². The fraction of sp³-hybridized carbons (Fsp3) is 0.429. The van der Waals surface area contributed by atoms with Crippen molar-refractivity contribution in [3.05, 3.63) is 41.5 Å². The summed E-state index contributed by atoms with van der Waals surface area (Å²) in [7, 11) is 0. The van der Waals surface area contributed by atoms with Crippen molar-refractivity contribution >= 4 is 28.9 Å². The van der Waals surface area contributed by atoms with Gasteiger partial charge in [0.05, 0.1) is 17.6 Å². The summed E-state index contributed by atoms with van der Waals surface area (Å²) in [5.41, 5.74) is 2.40. The highest BCUT2D eigenvalue weighted by Gasteiger charge is 2.44. The number of urea groups is 1. The van der Waals surface area contributed by atoms with E-state index in [2.05, 4.69) is 11.1 Å². The largest absolute Gasteiger partial charge is 0.334 e. The molecule has 29 heavy (non-hydrogen) atoms. The number of aryl methyl sites for hydroxylation is 1. The number of benzene rings is 1. The van der Waals surface area contributed by atoms with Gasteiger partial charge in [-0.1, -0.05) is 11.6 Å². The summed E-state index contributed by atoms with van der Waals surface area (Å²) in [6.45, 7) is 2.53. The number of halogens is 1. The molecule has 1 saturated heterocycles. The first-order valence-electron chi connectivity index (χ1n) is 9.99. The maximum absolute atomic E-state index is 13.5. The standard InChI is InChI=1S/C21H23FN4O3/c1-2-24-17-9-8-15(22)12-16(17)23-18(24)13-26-20(28)19(27)25(21(26)29)11-10-14-6-4-3-5-7-14/h6,8-9,12H,2-5,7,10-11,13H2,1H3. The van der Waals surface area contributed by atoms with Crippen LogP contribution in [0, 0.1) is 5.82 Å². The third kappa shape index (κ3) is 3.54. The van der Waals surface area contributed by atoms with Crippen molar-refractivity contribution in [2.75, 3.05) is 6.54 Å². The first kappa shape index (κ1) is 19.3. The summed E-state index contributed by atoms with van der Waals surface area (Å²) >= 11 is 0. The molecule has 0 radical (unpaired) electrons. The number of fused-ring (bicyclic) bond motifs is 1. The summed E-state index contributed by atoms with van der Waals surface area (Å²) in [4.78, 5) is 43.9. The highest BCUT2D eigenvalue weighted by atomic mass is 19.1. The molecule has 7 nitrogen and oxygen atoms in total. The maximum Gasteiger partial charge on any atom is 0.334 e. The van der Waals surface area contributed by atoms with Crippen molar-refractivity contribution < 1.29 is 18.8 Å². The quantitative estimate of drug-likeness (QED) is 0.425. The monoisotopic (exact) mass is 398 g/mol. The summed E-state index contributed by atoms with van der Waals surface area (Å²) in [5.74, 6) is -1.60. The fourth-order valence-corrected chi connectivity index (χ4v) is 4.04. The second kappa shape index (κ2) is 7.77. The number of hydrogen-bond donors (Lipinski definition) is 0. The molecule has 1 aliphatic carbocycles. The molecule has 4 rings (SSSR count). The van der Waals surface area contributed by atoms with Crippen LogP contribution in [0.1, 0.15) is 44.9 Å². The van der Waals surface area contributed by atoms with Crippen LogP contribution in [0.3, 0.4) is 0 Å². The van der Waals surface area contributed by atoms with Crippen LogP contribution in [-0.2, 0) is 22.7 Å². The van der Waals surface area contributed by atoms with Gasteiger partial charge in [0, 0.05) is 19.2 Å². The zero-order chi connectivity index (χ0) is 20.5. The molecule has 152 valence electrons. The van der Waals surface area contributed by atoms with Crippen LogP contribution in [0.25, 0.3) is 11.0 Å². The molecule has 1 fully saturated rings. The zero-order valence-corrected chi connectivity index (χ0v) is 16.4. The van der Waals surface area contributed by atoms with E-state index in [1.807, 2.05) is 11.5 Å². The molecule has 0 unspecified atom stereocenters. The van der Waals surface area contributed by atoms with Crippen LogP contribution in [-0.4, -0.2) is 43.7 Å². The second-order valence-corrected chi connectivity index (χ2v) is 7.39. The number of imide groups is 2. The predicted molar refractivity (Wildman–Crippen MR) is 104 cm³/mol. The molecule has 2 heterocycles. The van der Waals surface area contributed by atoms with E-state index >= 15 is 0 Å². The molecule has 1 aromatic heterocycles. The number of rotatable bonds is 6. The Kier molecular flexibility index (Phi) is 5.17. The predicted octanol–water partition coefficient (Wildman–Crippen LogP) is 3.38. The Labute approximate surface area is 167 Å². The molecule has 0 saturated carbocycles. The SMILES string of the molecule is CCn1c(CN2C(=O)C(=O)N(CCC3=CCCCC3)C2=O)nc2cc(F)ccc21. The summed E-state index contributed by atoms with van der Waals surface area (Å²) < 4.78 is 15.3. The van der Waals surface area contributed by atoms with E-state index in [0.717, 1.165) is 34.6 Å². The minimum atomic E-state index is -0.839. The summed E-state index contributed by atoms with van der Waals surface area (Å²) in [6, 6.07) is 3.66. The number of allylic oxidation sites excluding steroid dienone is 1. The van der Waals surface area contributed by atoms with Crippen molar-refractivity contribution in [2.24, 2.45) is 0 Å². The van der Waals surface area contributed by atoms with E-state index in [1.165, 1.54) is 24.1 Å². The van der Waals surface area contributed by atoms with Gasteiger partial charge in [0.15, 0.2) is 0 Å². The number of nitrogens with zero attached hydrogens (tertiary/aromatic N) is 4. The second-order valence-electron chi connectivity index (χ2n) is 7.39. The molecule has 0 bridgehead atoms. The van der Waals surface area contributed by atoms with Crippen molar-refractivity contribution in [1.82, 2.24) is 19.4 Å². The molecule has 2 aromatic rings. The number of carbonyl (C=O) groups is 3. The van der Waals surface area contributed by atoms with Crippen LogP contribution >= 0.6 is 0 Å². The van der Waals surface area contributed by atoms with Crippen molar-refractivity contribution in [3.63, 3.8) is 0 Å². The van der Waals surface area contributed by atoms with E-state index in [4.69, 9.17) is 0 Å². The molecule has 8 heteroatoms. The van der Waals surface area contributed by atoms with E-state index in [1.54, 1.807) is 6.07 Å². The molecule has 2 aliphatic rings. The Morgan fingerprint density at radius 3 is 2.62 bits per heavy atom. The number of hydrogen-bond acceptors (Lipinski definition) is 4. The van der Waals surface area contributed by atoms with Gasteiger partial charge in [0.2, 0.25) is 0 Å². The van der Waals surface area contributed by atoms with Crippen LogP contribution in [0.2, 0.25) is 0 Å².